The van der Waals surface area contributed by atoms with Gasteiger partial charge in [-0.05, 0) is 59.8 Å². The van der Waals surface area contributed by atoms with Crippen LogP contribution in [0, 0.1) is 0 Å². The molecule has 2 aromatic rings. The summed E-state index contributed by atoms with van der Waals surface area (Å²) in [5.74, 6) is -0.322. The van der Waals surface area contributed by atoms with Crippen LogP contribution in [0.5, 0.6) is 11.5 Å². The molecule has 27 heavy (non-hydrogen) atoms. The third kappa shape index (κ3) is 4.48. The summed E-state index contributed by atoms with van der Waals surface area (Å²) in [6.45, 7) is -0.381. The summed E-state index contributed by atoms with van der Waals surface area (Å²) in [6, 6.07) is 13.0. The fourth-order valence-electron chi connectivity index (χ4n) is 2.42. The number of carbonyl (C=O) groups excluding carboxylic acids is 3. The normalized spacial score (nSPS) is 15.3. The van der Waals surface area contributed by atoms with Crippen molar-refractivity contribution in [2.75, 3.05) is 19.0 Å². The fraction of sp³-hybridized carbons (Fsp3) is 0.105. The molecule has 0 saturated carbocycles. The molecule has 7 nitrogen and oxygen atoms in total. The van der Waals surface area contributed by atoms with Gasteiger partial charge in [0.1, 0.15) is 18.0 Å². The Morgan fingerprint density at radius 3 is 2.63 bits per heavy atom. The number of nitrogens with zero attached hydrogens (tertiary/aromatic N) is 1. The Kier molecular flexibility index (Phi) is 5.46. The van der Waals surface area contributed by atoms with Crippen LogP contribution in [-0.2, 0) is 9.59 Å². The first-order valence-electron chi connectivity index (χ1n) is 7.94. The van der Waals surface area contributed by atoms with Crippen molar-refractivity contribution in [2.45, 2.75) is 0 Å². The van der Waals surface area contributed by atoms with Gasteiger partial charge in [0.2, 0.25) is 5.91 Å². The highest BCUT2D eigenvalue weighted by molar-refractivity contribution is 8.18. The van der Waals surface area contributed by atoms with Crippen molar-refractivity contribution in [3.8, 4) is 11.5 Å². The zero-order valence-electron chi connectivity index (χ0n) is 14.3. The van der Waals surface area contributed by atoms with E-state index in [1.807, 2.05) is 0 Å². The molecule has 1 aliphatic heterocycles. The van der Waals surface area contributed by atoms with E-state index in [1.165, 1.54) is 25.3 Å². The fourth-order valence-corrected chi connectivity index (χ4v) is 3.26. The molecule has 0 bridgehead atoms. The van der Waals surface area contributed by atoms with E-state index in [2.05, 4.69) is 5.32 Å². The van der Waals surface area contributed by atoms with Gasteiger partial charge in [0.05, 0.1) is 12.0 Å². The molecule has 0 spiro atoms. The van der Waals surface area contributed by atoms with Crippen LogP contribution in [0.3, 0.4) is 0 Å². The number of thioether (sulfide) groups is 1. The summed E-state index contributed by atoms with van der Waals surface area (Å²) in [7, 11) is 1.54. The van der Waals surface area contributed by atoms with E-state index in [4.69, 9.17) is 4.74 Å². The minimum absolute atomic E-state index is 0.0573. The van der Waals surface area contributed by atoms with E-state index in [-0.39, 0.29) is 17.2 Å². The highest BCUT2D eigenvalue weighted by Crippen LogP contribution is 2.32. The SMILES string of the molecule is COc1ccc(NC(=O)CN2C(=O)S/C(=C\c3cccc(O)c3)C2=O)cc1. The Morgan fingerprint density at radius 2 is 1.96 bits per heavy atom. The van der Waals surface area contributed by atoms with Crippen LogP contribution in [0.4, 0.5) is 10.5 Å². The molecule has 0 unspecified atom stereocenters. The number of phenols is 1. The maximum Gasteiger partial charge on any atom is 0.294 e. The van der Waals surface area contributed by atoms with E-state index >= 15 is 0 Å². The second kappa shape index (κ2) is 7.96. The van der Waals surface area contributed by atoms with Gasteiger partial charge in [0.15, 0.2) is 0 Å². The predicted molar refractivity (Wildman–Crippen MR) is 102 cm³/mol. The summed E-state index contributed by atoms with van der Waals surface area (Å²) < 4.78 is 5.04. The minimum atomic E-state index is -0.543. The standard InChI is InChI=1S/C19H16N2O5S/c1-26-15-7-5-13(6-8-15)20-17(23)11-21-18(24)16(27-19(21)25)10-12-3-2-4-14(22)9-12/h2-10,22H,11H2,1H3,(H,20,23)/b16-10-. The van der Waals surface area contributed by atoms with Crippen molar-refractivity contribution in [3.05, 3.63) is 59.0 Å². The molecular weight excluding hydrogens is 368 g/mol. The largest absolute Gasteiger partial charge is 0.508 e. The molecule has 2 N–H and O–H groups in total. The van der Waals surface area contributed by atoms with E-state index in [1.54, 1.807) is 36.4 Å². The number of aromatic hydroxyl groups is 1. The Balaban J connectivity index is 1.67. The summed E-state index contributed by atoms with van der Waals surface area (Å²) in [6.07, 6.45) is 1.51. The van der Waals surface area contributed by atoms with Crippen LogP contribution >= 0.6 is 11.8 Å². The topological polar surface area (TPSA) is 95.9 Å². The summed E-state index contributed by atoms with van der Waals surface area (Å²) in [4.78, 5) is 37.8. The van der Waals surface area contributed by atoms with Gasteiger partial charge < -0.3 is 15.2 Å². The van der Waals surface area contributed by atoms with Crippen molar-refractivity contribution in [2.24, 2.45) is 0 Å². The number of methoxy groups -OCH3 is 1. The average molecular weight is 384 g/mol. The Morgan fingerprint density at radius 1 is 1.22 bits per heavy atom. The molecule has 1 heterocycles. The third-order valence-corrected chi connectivity index (χ3v) is 4.62. The van der Waals surface area contributed by atoms with Crippen LogP contribution in [0.25, 0.3) is 6.08 Å². The monoisotopic (exact) mass is 384 g/mol. The molecule has 3 rings (SSSR count). The maximum absolute atomic E-state index is 12.4. The van der Waals surface area contributed by atoms with Gasteiger partial charge in [-0.2, -0.15) is 0 Å². The number of hydrogen-bond donors (Lipinski definition) is 2. The van der Waals surface area contributed by atoms with Gasteiger partial charge in [-0.25, -0.2) is 0 Å². The number of rotatable bonds is 5. The quantitative estimate of drug-likeness (QED) is 0.769. The van der Waals surface area contributed by atoms with Crippen LogP contribution < -0.4 is 10.1 Å². The summed E-state index contributed by atoms with van der Waals surface area (Å²) in [5, 5.41) is 11.6. The second-order valence-electron chi connectivity index (χ2n) is 5.64. The van der Waals surface area contributed by atoms with Crippen LogP contribution in [-0.4, -0.2) is 40.7 Å². The van der Waals surface area contributed by atoms with Gasteiger partial charge >= 0.3 is 0 Å². The number of benzene rings is 2. The van der Waals surface area contributed by atoms with Crippen LogP contribution in [0.2, 0.25) is 0 Å². The molecule has 138 valence electrons. The van der Waals surface area contributed by atoms with E-state index in [0.717, 1.165) is 16.7 Å². The van der Waals surface area contributed by atoms with Crippen LogP contribution in [0.1, 0.15) is 5.56 Å². The van der Waals surface area contributed by atoms with Crippen molar-refractivity contribution in [3.63, 3.8) is 0 Å². The van der Waals surface area contributed by atoms with Crippen molar-refractivity contribution >= 4 is 40.6 Å². The lowest BCUT2D eigenvalue weighted by Crippen LogP contribution is -2.36. The lowest BCUT2D eigenvalue weighted by atomic mass is 10.2. The molecule has 0 aromatic heterocycles. The Labute approximate surface area is 159 Å². The highest BCUT2D eigenvalue weighted by Gasteiger charge is 2.36. The van der Waals surface area contributed by atoms with Gasteiger partial charge in [0, 0.05) is 5.69 Å². The summed E-state index contributed by atoms with van der Waals surface area (Å²) >= 11 is 0.756. The lowest BCUT2D eigenvalue weighted by Gasteiger charge is -2.12. The predicted octanol–water partition coefficient (Wildman–Crippen LogP) is 3.08. The first-order valence-corrected chi connectivity index (χ1v) is 8.76. The number of carbonyl (C=O) groups is 3. The molecule has 1 aliphatic rings. The molecule has 8 heteroatoms. The van der Waals surface area contributed by atoms with Gasteiger partial charge in [-0.1, -0.05) is 12.1 Å². The zero-order chi connectivity index (χ0) is 19.4. The average Bonchev–Trinajstić information content (AvgIpc) is 2.90. The van der Waals surface area contributed by atoms with Crippen molar-refractivity contribution in [1.82, 2.24) is 4.90 Å². The van der Waals surface area contributed by atoms with Gasteiger partial charge in [-0.3, -0.25) is 19.3 Å². The number of hydrogen-bond acceptors (Lipinski definition) is 6. The zero-order valence-corrected chi connectivity index (χ0v) is 15.2. The molecular formula is C19H16N2O5S. The molecule has 0 radical (unpaired) electrons. The Hall–Kier alpha value is -3.26. The molecule has 2 aromatic carbocycles. The lowest BCUT2D eigenvalue weighted by molar-refractivity contribution is -0.127. The smallest absolute Gasteiger partial charge is 0.294 e. The van der Waals surface area contributed by atoms with Crippen LogP contribution in [0.15, 0.2) is 53.4 Å². The number of anilines is 1. The first kappa shape index (κ1) is 18.5. The number of imide groups is 1. The number of ether oxygens (including phenoxy) is 1. The molecule has 1 saturated heterocycles. The van der Waals surface area contributed by atoms with E-state index in [0.29, 0.717) is 17.0 Å². The third-order valence-electron chi connectivity index (χ3n) is 3.72. The minimum Gasteiger partial charge on any atom is -0.508 e. The second-order valence-corrected chi connectivity index (χ2v) is 6.63. The summed E-state index contributed by atoms with van der Waals surface area (Å²) in [5.41, 5.74) is 1.12. The highest BCUT2D eigenvalue weighted by atomic mass is 32.2. The number of amides is 3. The van der Waals surface area contributed by atoms with Crippen molar-refractivity contribution in [1.29, 1.82) is 0 Å². The first-order chi connectivity index (χ1) is 13.0. The Bertz CT molecular complexity index is 924. The molecule has 0 atom stereocenters. The molecule has 1 fully saturated rings. The number of phenolic OH excluding ortho intramolecular Hbond substituents is 1. The van der Waals surface area contributed by atoms with E-state index < -0.39 is 17.1 Å². The number of nitrogens with one attached hydrogen (secondary N) is 1. The van der Waals surface area contributed by atoms with E-state index in [9.17, 15) is 19.5 Å². The maximum atomic E-state index is 12.4. The molecule has 3 amide bonds. The van der Waals surface area contributed by atoms with Crippen molar-refractivity contribution < 1.29 is 24.2 Å². The van der Waals surface area contributed by atoms with Gasteiger partial charge in [-0.15, -0.1) is 0 Å². The van der Waals surface area contributed by atoms with Gasteiger partial charge in [0.25, 0.3) is 11.1 Å². The molecule has 0 aliphatic carbocycles.